The lowest BCUT2D eigenvalue weighted by molar-refractivity contribution is 0.0377. The number of nitrogens with zero attached hydrogens (tertiary/aromatic N) is 2. The van der Waals surface area contributed by atoms with Crippen LogP contribution in [0, 0.1) is 0 Å². The molecule has 0 atom stereocenters. The minimum atomic E-state index is -2.93. The number of sulfone groups is 1. The summed E-state index contributed by atoms with van der Waals surface area (Å²) < 4.78 is 28.2. The highest BCUT2D eigenvalue weighted by Crippen LogP contribution is 1.98. The molecule has 22 heavy (non-hydrogen) atoms. The van der Waals surface area contributed by atoms with E-state index >= 15 is 0 Å². The number of aliphatic imine (C=N–C) groups is 1. The van der Waals surface area contributed by atoms with E-state index in [-0.39, 0.29) is 11.5 Å². The molecule has 0 amide bonds. The van der Waals surface area contributed by atoms with Gasteiger partial charge < -0.3 is 15.4 Å². The first-order valence-electron chi connectivity index (χ1n) is 8.10. The van der Waals surface area contributed by atoms with E-state index in [1.165, 1.54) is 0 Å². The molecular formula is C14H30N4O3S. The van der Waals surface area contributed by atoms with Crippen LogP contribution in [0.15, 0.2) is 4.99 Å². The monoisotopic (exact) mass is 334 g/mol. The molecule has 0 bridgehead atoms. The molecule has 7 nitrogen and oxygen atoms in total. The van der Waals surface area contributed by atoms with Gasteiger partial charge in [0.15, 0.2) is 15.8 Å². The minimum Gasteiger partial charge on any atom is -0.379 e. The Bertz CT molecular complexity index is 420. The molecule has 0 unspecified atom stereocenters. The molecule has 1 rings (SSSR count). The molecule has 0 aromatic heterocycles. The maximum absolute atomic E-state index is 11.5. The van der Waals surface area contributed by atoms with Gasteiger partial charge in [-0.1, -0.05) is 6.92 Å². The van der Waals surface area contributed by atoms with Crippen LogP contribution in [-0.2, 0) is 14.6 Å². The standard InChI is InChI=1S/C14H30N4O3S/c1-3-15-14(17-7-13-22(19,20)4-2)16-6-5-8-18-9-11-21-12-10-18/h3-13H2,1-2H3,(H2,15,16,17). The van der Waals surface area contributed by atoms with Crippen LogP contribution >= 0.6 is 0 Å². The number of rotatable bonds is 9. The van der Waals surface area contributed by atoms with Crippen molar-refractivity contribution in [1.29, 1.82) is 0 Å². The highest BCUT2D eigenvalue weighted by Gasteiger charge is 2.09. The van der Waals surface area contributed by atoms with E-state index in [1.807, 2.05) is 6.92 Å². The number of guanidine groups is 1. The van der Waals surface area contributed by atoms with Crippen LogP contribution in [0.4, 0.5) is 0 Å². The summed E-state index contributed by atoms with van der Waals surface area (Å²) >= 11 is 0. The molecule has 1 aliphatic heterocycles. The topological polar surface area (TPSA) is 83.0 Å². The molecular weight excluding hydrogens is 304 g/mol. The molecule has 0 spiro atoms. The number of nitrogens with one attached hydrogen (secondary N) is 2. The van der Waals surface area contributed by atoms with Crippen molar-refractivity contribution in [3.63, 3.8) is 0 Å². The van der Waals surface area contributed by atoms with E-state index in [1.54, 1.807) is 6.92 Å². The van der Waals surface area contributed by atoms with Crippen LogP contribution in [0.3, 0.4) is 0 Å². The molecule has 1 aliphatic rings. The SMILES string of the molecule is CCNC(=NCCCN1CCOCC1)NCCS(=O)(=O)CC. The van der Waals surface area contributed by atoms with Gasteiger partial charge in [-0.05, 0) is 13.3 Å². The highest BCUT2D eigenvalue weighted by atomic mass is 32.2. The molecule has 1 saturated heterocycles. The van der Waals surface area contributed by atoms with E-state index in [0.717, 1.165) is 52.4 Å². The Kier molecular flexibility index (Phi) is 9.42. The zero-order chi connectivity index (χ0) is 16.3. The second-order valence-corrected chi connectivity index (χ2v) is 7.70. The Hall–Kier alpha value is -0.860. The Morgan fingerprint density at radius 2 is 1.95 bits per heavy atom. The van der Waals surface area contributed by atoms with E-state index in [4.69, 9.17) is 4.74 Å². The first kappa shape index (κ1) is 19.2. The molecule has 0 aromatic carbocycles. The molecule has 130 valence electrons. The van der Waals surface area contributed by atoms with Gasteiger partial charge in [0.05, 0.1) is 19.0 Å². The fraction of sp³-hybridized carbons (Fsp3) is 0.929. The van der Waals surface area contributed by atoms with Gasteiger partial charge in [0.25, 0.3) is 0 Å². The van der Waals surface area contributed by atoms with Crippen LogP contribution < -0.4 is 10.6 Å². The fourth-order valence-corrected chi connectivity index (χ4v) is 2.82. The van der Waals surface area contributed by atoms with Gasteiger partial charge >= 0.3 is 0 Å². The van der Waals surface area contributed by atoms with Crippen molar-refractivity contribution in [2.24, 2.45) is 4.99 Å². The number of hydrogen-bond donors (Lipinski definition) is 2. The first-order valence-corrected chi connectivity index (χ1v) is 9.92. The third-order valence-corrected chi connectivity index (χ3v) is 5.20. The van der Waals surface area contributed by atoms with Gasteiger partial charge in [0.2, 0.25) is 0 Å². The van der Waals surface area contributed by atoms with Gasteiger partial charge in [-0.15, -0.1) is 0 Å². The predicted molar refractivity (Wildman–Crippen MR) is 90.2 cm³/mol. The van der Waals surface area contributed by atoms with Crippen LogP contribution in [0.25, 0.3) is 0 Å². The summed E-state index contributed by atoms with van der Waals surface area (Å²) in [6.07, 6.45) is 0.990. The smallest absolute Gasteiger partial charge is 0.191 e. The van der Waals surface area contributed by atoms with E-state index in [2.05, 4.69) is 20.5 Å². The summed E-state index contributed by atoms with van der Waals surface area (Å²) in [4.78, 5) is 6.87. The molecule has 2 N–H and O–H groups in total. The number of hydrogen-bond acceptors (Lipinski definition) is 5. The van der Waals surface area contributed by atoms with Crippen molar-refractivity contribution in [3.8, 4) is 0 Å². The molecule has 0 saturated carbocycles. The summed E-state index contributed by atoms with van der Waals surface area (Å²) in [6, 6.07) is 0. The summed E-state index contributed by atoms with van der Waals surface area (Å²) in [5.74, 6) is 1.01. The van der Waals surface area contributed by atoms with Crippen LogP contribution in [0.2, 0.25) is 0 Å². The van der Waals surface area contributed by atoms with Crippen LogP contribution in [-0.4, -0.2) is 83.3 Å². The summed E-state index contributed by atoms with van der Waals surface area (Å²) in [7, 11) is -2.93. The average Bonchev–Trinajstić information content (AvgIpc) is 2.52. The van der Waals surface area contributed by atoms with Crippen molar-refractivity contribution in [2.45, 2.75) is 20.3 Å². The van der Waals surface area contributed by atoms with Gasteiger partial charge in [0, 0.05) is 45.0 Å². The average molecular weight is 334 g/mol. The van der Waals surface area contributed by atoms with E-state index < -0.39 is 9.84 Å². The molecule has 0 aliphatic carbocycles. The normalized spacial score (nSPS) is 17.5. The second kappa shape index (κ2) is 10.8. The van der Waals surface area contributed by atoms with Crippen molar-refractivity contribution in [1.82, 2.24) is 15.5 Å². The zero-order valence-corrected chi connectivity index (χ0v) is 14.6. The lowest BCUT2D eigenvalue weighted by Gasteiger charge is -2.26. The largest absolute Gasteiger partial charge is 0.379 e. The van der Waals surface area contributed by atoms with Gasteiger partial charge in [0.1, 0.15) is 0 Å². The molecule has 1 heterocycles. The maximum atomic E-state index is 11.5. The molecule has 8 heteroatoms. The summed E-state index contributed by atoms with van der Waals surface area (Å²) in [6.45, 7) is 10.2. The second-order valence-electron chi connectivity index (χ2n) is 5.23. The van der Waals surface area contributed by atoms with Crippen molar-refractivity contribution in [2.75, 3.05) is 64.0 Å². The Morgan fingerprint density at radius 1 is 1.23 bits per heavy atom. The molecule has 0 radical (unpaired) electrons. The summed E-state index contributed by atoms with van der Waals surface area (Å²) in [5.41, 5.74) is 0. The van der Waals surface area contributed by atoms with Crippen molar-refractivity contribution in [3.05, 3.63) is 0 Å². The van der Waals surface area contributed by atoms with Crippen molar-refractivity contribution < 1.29 is 13.2 Å². The maximum Gasteiger partial charge on any atom is 0.191 e. The van der Waals surface area contributed by atoms with Gasteiger partial charge in [-0.3, -0.25) is 9.89 Å². The lowest BCUT2D eigenvalue weighted by Crippen LogP contribution is -2.40. The molecule has 1 fully saturated rings. The Labute approximate surface area is 134 Å². The van der Waals surface area contributed by atoms with Gasteiger partial charge in [-0.2, -0.15) is 0 Å². The summed E-state index contributed by atoms with van der Waals surface area (Å²) in [5, 5.41) is 6.21. The third-order valence-electron chi connectivity index (χ3n) is 3.50. The number of ether oxygens (including phenoxy) is 1. The minimum absolute atomic E-state index is 0.141. The third kappa shape index (κ3) is 8.55. The van der Waals surface area contributed by atoms with Crippen LogP contribution in [0.5, 0.6) is 0 Å². The van der Waals surface area contributed by atoms with Crippen LogP contribution in [0.1, 0.15) is 20.3 Å². The molecule has 0 aromatic rings. The zero-order valence-electron chi connectivity index (χ0n) is 13.8. The quantitative estimate of drug-likeness (QED) is 0.342. The fourth-order valence-electron chi connectivity index (χ4n) is 2.12. The Morgan fingerprint density at radius 3 is 2.59 bits per heavy atom. The predicted octanol–water partition coefficient (Wildman–Crippen LogP) is -0.301. The Balaban J connectivity index is 2.25. The van der Waals surface area contributed by atoms with E-state index in [9.17, 15) is 8.42 Å². The van der Waals surface area contributed by atoms with E-state index in [0.29, 0.717) is 12.5 Å². The van der Waals surface area contributed by atoms with Crippen molar-refractivity contribution >= 4 is 15.8 Å². The lowest BCUT2D eigenvalue weighted by atomic mass is 10.3. The highest BCUT2D eigenvalue weighted by molar-refractivity contribution is 7.91. The first-order chi connectivity index (χ1) is 10.6. The van der Waals surface area contributed by atoms with Gasteiger partial charge in [-0.25, -0.2) is 8.42 Å². The number of morpholine rings is 1.